The van der Waals surface area contributed by atoms with E-state index in [1.54, 1.807) is 30.3 Å². The lowest BCUT2D eigenvalue weighted by molar-refractivity contribution is -0.120. The largest absolute Gasteiger partial charge is 0.462 e. The summed E-state index contributed by atoms with van der Waals surface area (Å²) in [5.41, 5.74) is 2.63. The Morgan fingerprint density at radius 3 is 2.71 bits per heavy atom. The average Bonchev–Trinajstić information content (AvgIpc) is 3.54. The van der Waals surface area contributed by atoms with Crippen molar-refractivity contribution >= 4 is 56.5 Å². The number of carbonyl (C=O) groups is 3. The molecule has 2 aromatic heterocycles. The first kappa shape index (κ1) is 29.0. The Labute approximate surface area is 248 Å². The van der Waals surface area contributed by atoms with E-state index in [1.807, 2.05) is 50.3 Å². The lowest BCUT2D eigenvalue weighted by Crippen LogP contribution is -2.50. The predicted molar refractivity (Wildman–Crippen MR) is 167 cm³/mol. The summed E-state index contributed by atoms with van der Waals surface area (Å²) in [5.74, 6) is 0.960. The molecular weight excluding hydrogens is 552 g/mol. The zero-order valence-corrected chi connectivity index (χ0v) is 24.6. The number of aromatic nitrogens is 1. The van der Waals surface area contributed by atoms with Crippen molar-refractivity contribution in [2.75, 3.05) is 23.8 Å². The van der Waals surface area contributed by atoms with Crippen LogP contribution in [0, 0.1) is 6.92 Å². The Morgan fingerprint density at radius 1 is 1.19 bits per heavy atom. The normalized spacial score (nSPS) is 18.3. The van der Waals surface area contributed by atoms with Gasteiger partial charge in [-0.15, -0.1) is 11.3 Å². The Hall–Kier alpha value is -4.48. The van der Waals surface area contributed by atoms with Crippen LogP contribution in [0.1, 0.15) is 41.4 Å². The third-order valence-corrected chi connectivity index (χ3v) is 8.33. The van der Waals surface area contributed by atoms with Gasteiger partial charge in [0, 0.05) is 18.3 Å². The van der Waals surface area contributed by atoms with Gasteiger partial charge < -0.3 is 26.0 Å². The van der Waals surface area contributed by atoms with Gasteiger partial charge in [-0.3, -0.25) is 14.5 Å². The Kier molecular flexibility index (Phi) is 8.69. The minimum atomic E-state index is -0.372. The molecule has 218 valence electrons. The van der Waals surface area contributed by atoms with Gasteiger partial charge >= 0.3 is 6.03 Å². The molecule has 0 saturated heterocycles. The number of nitrogens with one attached hydrogen (secondary N) is 4. The molecule has 0 bridgehead atoms. The number of allylic oxidation sites excluding steroid dienone is 5. The summed E-state index contributed by atoms with van der Waals surface area (Å²) in [7, 11) is 1.72. The van der Waals surface area contributed by atoms with E-state index in [4.69, 9.17) is 4.74 Å². The van der Waals surface area contributed by atoms with E-state index in [-0.39, 0.29) is 36.5 Å². The molecule has 2 atom stereocenters. The van der Waals surface area contributed by atoms with Crippen LogP contribution in [-0.4, -0.2) is 48.5 Å². The van der Waals surface area contributed by atoms with Gasteiger partial charge in [-0.2, -0.15) is 0 Å². The molecule has 0 spiro atoms. The maximum absolute atomic E-state index is 13.6. The molecular formula is C31H34N6O4S. The summed E-state index contributed by atoms with van der Waals surface area (Å²) < 4.78 is 5.93. The van der Waals surface area contributed by atoms with Crippen LogP contribution in [-0.2, 0) is 4.79 Å². The van der Waals surface area contributed by atoms with Gasteiger partial charge in [0.15, 0.2) is 0 Å². The third kappa shape index (κ3) is 5.93. The second kappa shape index (κ2) is 12.6. The van der Waals surface area contributed by atoms with E-state index in [0.717, 1.165) is 24.8 Å². The van der Waals surface area contributed by atoms with Crippen molar-refractivity contribution in [2.24, 2.45) is 0 Å². The van der Waals surface area contributed by atoms with Gasteiger partial charge in [-0.05, 0) is 76.1 Å². The minimum Gasteiger partial charge on any atom is -0.462 e. The molecule has 10 nitrogen and oxygen atoms in total. The molecule has 1 aliphatic heterocycles. The Bertz CT molecular complexity index is 1610. The number of hydrogen-bond donors (Lipinski definition) is 4. The highest BCUT2D eigenvalue weighted by atomic mass is 32.1. The monoisotopic (exact) mass is 586 g/mol. The molecule has 4 amide bonds. The van der Waals surface area contributed by atoms with Gasteiger partial charge in [0.25, 0.3) is 5.91 Å². The van der Waals surface area contributed by atoms with Crippen LogP contribution >= 0.6 is 11.3 Å². The number of pyridine rings is 1. The van der Waals surface area contributed by atoms with Crippen LogP contribution in [0.3, 0.4) is 0 Å². The molecule has 5 rings (SSSR count). The quantitative estimate of drug-likeness (QED) is 0.189. The molecule has 1 saturated carbocycles. The van der Waals surface area contributed by atoms with E-state index < -0.39 is 0 Å². The molecule has 1 aliphatic carbocycles. The van der Waals surface area contributed by atoms with Crippen molar-refractivity contribution in [1.82, 2.24) is 20.9 Å². The number of ether oxygens (including phenoxy) is 1. The summed E-state index contributed by atoms with van der Waals surface area (Å²) in [6.45, 7) is 7.65. The van der Waals surface area contributed by atoms with Crippen molar-refractivity contribution in [2.45, 2.75) is 45.2 Å². The first-order valence-corrected chi connectivity index (χ1v) is 14.6. The molecule has 1 aromatic carbocycles. The maximum atomic E-state index is 13.6. The lowest BCUT2D eigenvalue weighted by Gasteiger charge is -2.29. The van der Waals surface area contributed by atoms with E-state index >= 15 is 0 Å². The van der Waals surface area contributed by atoms with Crippen LogP contribution in [0.5, 0.6) is 5.75 Å². The number of rotatable bonds is 10. The molecule has 42 heavy (non-hydrogen) atoms. The smallest absolute Gasteiger partial charge is 0.331 e. The molecule has 0 radical (unpaired) electrons. The van der Waals surface area contributed by atoms with Gasteiger partial charge in [0.1, 0.15) is 21.2 Å². The summed E-state index contributed by atoms with van der Waals surface area (Å²) in [4.78, 5) is 46.4. The molecule has 2 aliphatic rings. The van der Waals surface area contributed by atoms with E-state index in [2.05, 4.69) is 32.8 Å². The summed E-state index contributed by atoms with van der Waals surface area (Å²) in [5, 5.41) is 12.6. The molecule has 11 heteroatoms. The number of amides is 4. The number of nitrogens with zero attached hydrogens (tertiary/aromatic N) is 2. The van der Waals surface area contributed by atoms with Crippen LogP contribution < -0.4 is 30.9 Å². The topological polar surface area (TPSA) is 125 Å². The number of aryl methyl sites for hydroxylation is 1. The second-order valence-electron chi connectivity index (χ2n) is 10.2. The number of likely N-dealkylation sites (N-methyl/N-ethyl adjacent to an activating group) is 1. The number of hydrogen-bond acceptors (Lipinski definition) is 7. The Balaban J connectivity index is 1.41. The minimum absolute atomic E-state index is 0.107. The molecule has 4 N–H and O–H groups in total. The fourth-order valence-corrected chi connectivity index (χ4v) is 6.40. The van der Waals surface area contributed by atoms with Crippen molar-refractivity contribution < 1.29 is 19.1 Å². The summed E-state index contributed by atoms with van der Waals surface area (Å²) in [6.07, 6.45) is 11.3. The van der Waals surface area contributed by atoms with Gasteiger partial charge in [0.2, 0.25) is 5.91 Å². The van der Waals surface area contributed by atoms with Crippen molar-refractivity contribution in [3.63, 3.8) is 0 Å². The standard InChI is InChI=1S/C31H34N6O4S/c1-5-6-7-9-19(3)41-20-12-13-23(18(2)16-20)37-24-14-15-33-30-26(24)27(36-31(37)40)28(42-30)29(39)35-22-11-8-10-21(22)34-25(38)17-32-4/h5-7,9,12-16,21-22,32H,1,8,10-11,17H2,2-4H3,(H,34,38)(H,35,39)(H,36,40)/b7-6-,19-9+/t21-,22-/m0/s1. The van der Waals surface area contributed by atoms with Crippen LogP contribution in [0.2, 0.25) is 0 Å². The Morgan fingerprint density at radius 2 is 1.98 bits per heavy atom. The highest BCUT2D eigenvalue weighted by Gasteiger charge is 2.35. The van der Waals surface area contributed by atoms with Crippen LogP contribution in [0.4, 0.5) is 21.9 Å². The molecule has 3 heterocycles. The highest BCUT2D eigenvalue weighted by Crippen LogP contribution is 2.46. The fourth-order valence-electron chi connectivity index (χ4n) is 5.37. The maximum Gasteiger partial charge on any atom is 0.331 e. The highest BCUT2D eigenvalue weighted by molar-refractivity contribution is 7.21. The van der Waals surface area contributed by atoms with Gasteiger partial charge in [-0.1, -0.05) is 24.8 Å². The van der Waals surface area contributed by atoms with Gasteiger partial charge in [0.05, 0.1) is 29.0 Å². The van der Waals surface area contributed by atoms with Gasteiger partial charge in [-0.25, -0.2) is 9.78 Å². The summed E-state index contributed by atoms with van der Waals surface area (Å²) >= 11 is 1.24. The van der Waals surface area contributed by atoms with Crippen LogP contribution in [0.15, 0.2) is 67.1 Å². The van der Waals surface area contributed by atoms with E-state index in [9.17, 15) is 14.4 Å². The summed E-state index contributed by atoms with van der Waals surface area (Å²) in [6, 6.07) is 6.62. The lowest BCUT2D eigenvalue weighted by atomic mass is 10.1. The molecule has 0 unspecified atom stereocenters. The first-order valence-electron chi connectivity index (χ1n) is 13.8. The van der Waals surface area contributed by atoms with Crippen molar-refractivity contribution in [1.29, 1.82) is 0 Å². The fraction of sp³-hybridized carbons (Fsp3) is 0.290. The zero-order chi connectivity index (χ0) is 29.8. The van der Waals surface area contributed by atoms with Crippen LogP contribution in [0.25, 0.3) is 10.2 Å². The number of anilines is 3. The third-order valence-electron chi connectivity index (χ3n) is 7.23. The second-order valence-corrected chi connectivity index (χ2v) is 11.2. The SMILES string of the molecule is C=C/C=C\C=C(/C)Oc1ccc(N2C(=O)Nc3c(C(=O)N[C@H]4CCC[C@@H]4NC(=O)CNC)sc4nccc2c34)c(C)c1. The number of urea groups is 1. The molecule has 1 fully saturated rings. The van der Waals surface area contributed by atoms with Crippen molar-refractivity contribution in [3.8, 4) is 5.75 Å². The van der Waals surface area contributed by atoms with Crippen molar-refractivity contribution in [3.05, 3.63) is 77.5 Å². The predicted octanol–water partition coefficient (Wildman–Crippen LogP) is 5.30. The number of carbonyl (C=O) groups excluding carboxylic acids is 3. The average molecular weight is 587 g/mol. The number of thiophene rings is 1. The zero-order valence-electron chi connectivity index (χ0n) is 23.8. The first-order chi connectivity index (χ1) is 20.3. The molecule has 3 aromatic rings. The van der Waals surface area contributed by atoms with E-state index in [0.29, 0.717) is 43.7 Å². The van der Waals surface area contributed by atoms with E-state index in [1.165, 1.54) is 11.3 Å². The number of benzene rings is 1.